The number of carbonyl (C=O) groups is 2. The first kappa shape index (κ1) is 21.5. The summed E-state index contributed by atoms with van der Waals surface area (Å²) in [5, 5.41) is 13.5. The number of benzene rings is 2. The summed E-state index contributed by atoms with van der Waals surface area (Å²) in [5.74, 6) is -1.54. The molecule has 0 aliphatic carbocycles. The predicted molar refractivity (Wildman–Crippen MR) is 119 cm³/mol. The molecule has 1 aliphatic heterocycles. The van der Waals surface area contributed by atoms with Crippen molar-refractivity contribution in [2.24, 2.45) is 0 Å². The normalized spacial score (nSPS) is 16.3. The van der Waals surface area contributed by atoms with Gasteiger partial charge in [0.25, 0.3) is 0 Å². The molecule has 1 atom stereocenters. The second-order valence-electron chi connectivity index (χ2n) is 7.55. The summed E-state index contributed by atoms with van der Waals surface area (Å²) in [5.41, 5.74) is 2.03. The molecule has 4 rings (SSSR count). The Morgan fingerprint density at radius 1 is 1.16 bits per heavy atom. The van der Waals surface area contributed by atoms with Gasteiger partial charge in [0.1, 0.15) is 11.9 Å². The first-order chi connectivity index (χ1) is 14.9. The second kappa shape index (κ2) is 9.17. The van der Waals surface area contributed by atoms with Gasteiger partial charge in [-0.05, 0) is 36.4 Å². The molecular formula is C22H22BrFN4O3. The number of anilines is 1. The number of H-pyrrole nitrogens is 1. The molecule has 1 aromatic heterocycles. The van der Waals surface area contributed by atoms with Gasteiger partial charge < -0.3 is 15.4 Å². The number of aromatic amines is 1. The van der Waals surface area contributed by atoms with Crippen molar-refractivity contribution >= 4 is 44.4 Å². The van der Waals surface area contributed by atoms with Crippen LogP contribution in [-0.2, 0) is 9.59 Å². The standard InChI is InChI=1S/C22H22BrFN4O3/c23-14-4-5-19-17(10-14)18(12-25-19)21(22(30)31)28-8-6-27(7-9-28)13-20(29)26-16-3-1-2-15(24)11-16/h1-5,10-12,21,25H,6-9,13H2,(H,26,29)(H,30,31)/t21-/m0/s1. The number of aromatic nitrogens is 1. The maximum atomic E-state index is 13.3. The maximum absolute atomic E-state index is 13.3. The van der Waals surface area contributed by atoms with Crippen molar-refractivity contribution < 1.29 is 19.1 Å². The Kier molecular flexibility index (Phi) is 6.35. The molecule has 162 valence electrons. The van der Waals surface area contributed by atoms with Crippen LogP contribution in [0.3, 0.4) is 0 Å². The van der Waals surface area contributed by atoms with E-state index in [0.29, 0.717) is 31.9 Å². The predicted octanol–water partition coefficient (Wildman–Crippen LogP) is 3.45. The van der Waals surface area contributed by atoms with Crippen molar-refractivity contribution in [3.05, 3.63) is 64.5 Å². The average molecular weight is 489 g/mol. The molecule has 1 saturated heterocycles. The fourth-order valence-corrected chi connectivity index (χ4v) is 4.34. The van der Waals surface area contributed by atoms with E-state index in [2.05, 4.69) is 26.2 Å². The number of rotatable bonds is 6. The molecule has 1 amide bonds. The third-order valence-electron chi connectivity index (χ3n) is 5.45. The molecule has 7 nitrogen and oxygen atoms in total. The van der Waals surface area contributed by atoms with Crippen molar-refractivity contribution in [3.8, 4) is 0 Å². The van der Waals surface area contributed by atoms with E-state index < -0.39 is 17.8 Å². The largest absolute Gasteiger partial charge is 0.480 e. The van der Waals surface area contributed by atoms with Crippen LogP contribution in [0.4, 0.5) is 10.1 Å². The maximum Gasteiger partial charge on any atom is 0.325 e. The smallest absolute Gasteiger partial charge is 0.325 e. The van der Waals surface area contributed by atoms with E-state index >= 15 is 0 Å². The SMILES string of the molecule is O=C(CN1CCN([C@H](C(=O)O)c2c[nH]c3ccc(Br)cc23)CC1)Nc1cccc(F)c1. The fraction of sp³-hybridized carbons (Fsp3) is 0.273. The van der Waals surface area contributed by atoms with Crippen molar-refractivity contribution in [3.63, 3.8) is 0 Å². The number of aliphatic carboxylic acids is 1. The van der Waals surface area contributed by atoms with Crippen LogP contribution in [0, 0.1) is 5.82 Å². The van der Waals surface area contributed by atoms with Gasteiger partial charge in [0, 0.05) is 59.0 Å². The summed E-state index contributed by atoms with van der Waals surface area (Å²) in [6.45, 7) is 2.33. The minimum Gasteiger partial charge on any atom is -0.480 e. The molecule has 0 bridgehead atoms. The highest BCUT2D eigenvalue weighted by molar-refractivity contribution is 9.10. The van der Waals surface area contributed by atoms with Crippen molar-refractivity contribution in [1.29, 1.82) is 0 Å². The van der Waals surface area contributed by atoms with Crippen LogP contribution in [-0.4, -0.2) is 64.5 Å². The lowest BCUT2D eigenvalue weighted by Gasteiger charge is -2.37. The van der Waals surface area contributed by atoms with Gasteiger partial charge in [0.15, 0.2) is 0 Å². The lowest BCUT2D eigenvalue weighted by Crippen LogP contribution is -2.50. The first-order valence-electron chi connectivity index (χ1n) is 9.92. The Bertz CT molecular complexity index is 1110. The molecule has 0 saturated carbocycles. The minimum absolute atomic E-state index is 0.169. The Morgan fingerprint density at radius 3 is 2.65 bits per heavy atom. The number of nitrogens with one attached hydrogen (secondary N) is 2. The van der Waals surface area contributed by atoms with Gasteiger partial charge in [-0.15, -0.1) is 0 Å². The molecule has 1 aliphatic rings. The van der Waals surface area contributed by atoms with E-state index in [1.807, 2.05) is 28.0 Å². The third kappa shape index (κ3) is 4.95. The van der Waals surface area contributed by atoms with Crippen LogP contribution >= 0.6 is 15.9 Å². The molecule has 0 unspecified atom stereocenters. The van der Waals surface area contributed by atoms with Crippen molar-refractivity contribution in [1.82, 2.24) is 14.8 Å². The monoisotopic (exact) mass is 488 g/mol. The van der Waals surface area contributed by atoms with Gasteiger partial charge >= 0.3 is 5.97 Å². The van der Waals surface area contributed by atoms with E-state index in [4.69, 9.17) is 0 Å². The number of piperazine rings is 1. The van der Waals surface area contributed by atoms with Gasteiger partial charge in [-0.3, -0.25) is 19.4 Å². The second-order valence-corrected chi connectivity index (χ2v) is 8.46. The molecule has 0 spiro atoms. The number of carboxylic acids is 1. The van der Waals surface area contributed by atoms with E-state index in [1.54, 1.807) is 18.3 Å². The summed E-state index contributed by atoms with van der Waals surface area (Å²) in [6.07, 6.45) is 1.76. The van der Waals surface area contributed by atoms with E-state index in [9.17, 15) is 19.1 Å². The Labute approximate surface area is 187 Å². The molecular weight excluding hydrogens is 467 g/mol. The number of hydrogen-bond donors (Lipinski definition) is 3. The van der Waals surface area contributed by atoms with Crippen LogP contribution < -0.4 is 5.32 Å². The number of nitrogens with zero attached hydrogens (tertiary/aromatic N) is 2. The van der Waals surface area contributed by atoms with Crippen LogP contribution in [0.2, 0.25) is 0 Å². The highest BCUT2D eigenvalue weighted by Gasteiger charge is 2.32. The number of fused-ring (bicyclic) bond motifs is 1. The molecule has 2 aromatic carbocycles. The Hall–Kier alpha value is -2.75. The lowest BCUT2D eigenvalue weighted by molar-refractivity contribution is -0.144. The number of amides is 1. The summed E-state index contributed by atoms with van der Waals surface area (Å²) >= 11 is 3.45. The molecule has 9 heteroatoms. The number of carbonyl (C=O) groups excluding carboxylic acids is 1. The van der Waals surface area contributed by atoms with Gasteiger partial charge in [0.2, 0.25) is 5.91 Å². The Morgan fingerprint density at radius 2 is 1.94 bits per heavy atom. The Balaban J connectivity index is 1.40. The van der Waals surface area contributed by atoms with Crippen LogP contribution in [0.1, 0.15) is 11.6 Å². The zero-order valence-electron chi connectivity index (χ0n) is 16.6. The molecule has 3 N–H and O–H groups in total. The summed E-state index contributed by atoms with van der Waals surface area (Å²) in [4.78, 5) is 31.5. The molecule has 31 heavy (non-hydrogen) atoms. The number of carboxylic acid groups (broad SMARTS) is 1. The highest BCUT2D eigenvalue weighted by Crippen LogP contribution is 2.31. The number of halogens is 2. The lowest BCUT2D eigenvalue weighted by atomic mass is 10.0. The van der Waals surface area contributed by atoms with Crippen LogP contribution in [0.15, 0.2) is 53.1 Å². The molecule has 2 heterocycles. The van der Waals surface area contributed by atoms with Gasteiger partial charge in [-0.25, -0.2) is 4.39 Å². The van der Waals surface area contributed by atoms with Gasteiger partial charge in [-0.2, -0.15) is 0 Å². The van der Waals surface area contributed by atoms with E-state index in [-0.39, 0.29) is 12.5 Å². The third-order valence-corrected chi connectivity index (χ3v) is 5.95. The van der Waals surface area contributed by atoms with Crippen molar-refractivity contribution in [2.45, 2.75) is 6.04 Å². The minimum atomic E-state index is -0.904. The van der Waals surface area contributed by atoms with Crippen LogP contribution in [0.5, 0.6) is 0 Å². The fourth-order valence-electron chi connectivity index (χ4n) is 3.98. The van der Waals surface area contributed by atoms with Gasteiger partial charge in [0.05, 0.1) is 6.54 Å². The first-order valence-corrected chi connectivity index (χ1v) is 10.7. The van der Waals surface area contributed by atoms with E-state index in [1.165, 1.54) is 12.1 Å². The summed E-state index contributed by atoms with van der Waals surface area (Å²) in [6, 6.07) is 10.7. The highest BCUT2D eigenvalue weighted by atomic mass is 79.9. The average Bonchev–Trinajstić information content (AvgIpc) is 3.12. The zero-order chi connectivity index (χ0) is 22.0. The number of hydrogen-bond acceptors (Lipinski definition) is 4. The van der Waals surface area contributed by atoms with E-state index in [0.717, 1.165) is 20.9 Å². The summed E-state index contributed by atoms with van der Waals surface area (Å²) < 4.78 is 14.2. The summed E-state index contributed by atoms with van der Waals surface area (Å²) in [7, 11) is 0. The molecule has 1 fully saturated rings. The zero-order valence-corrected chi connectivity index (χ0v) is 18.2. The van der Waals surface area contributed by atoms with Crippen molar-refractivity contribution in [2.75, 3.05) is 38.0 Å². The van der Waals surface area contributed by atoms with Gasteiger partial charge in [-0.1, -0.05) is 22.0 Å². The topological polar surface area (TPSA) is 88.7 Å². The van der Waals surface area contributed by atoms with Crippen LogP contribution in [0.25, 0.3) is 10.9 Å². The quantitative estimate of drug-likeness (QED) is 0.494. The molecule has 0 radical (unpaired) electrons. The molecule has 3 aromatic rings.